The van der Waals surface area contributed by atoms with Crippen LogP contribution < -0.4 is 26.0 Å². The maximum absolute atomic E-state index is 13.6. The fourth-order valence-corrected chi connectivity index (χ4v) is 6.84. The molecule has 5 rings (SSSR count). The van der Waals surface area contributed by atoms with Crippen molar-refractivity contribution in [2.45, 2.75) is 24.0 Å². The van der Waals surface area contributed by atoms with Gasteiger partial charge in [0.2, 0.25) is 5.91 Å². The summed E-state index contributed by atoms with van der Waals surface area (Å²) in [7, 11) is 1.52. The van der Waals surface area contributed by atoms with E-state index in [-0.39, 0.29) is 23.1 Å². The van der Waals surface area contributed by atoms with Crippen LogP contribution in [0.25, 0.3) is 6.08 Å². The normalized spacial score (nSPS) is 11.5. The topological polar surface area (TPSA) is 149 Å². The number of carbonyl (C=O) groups is 4. The Kier molecular flexibility index (Phi) is 12.0. The third-order valence-corrected chi connectivity index (χ3v) is 9.77. The van der Waals surface area contributed by atoms with Crippen LogP contribution >= 0.6 is 23.1 Å². The summed E-state index contributed by atoms with van der Waals surface area (Å²) in [6, 6.07) is 33.7. The molecular weight excluding hydrogens is 683 g/mol. The maximum Gasteiger partial charge on any atom is 0.272 e. The zero-order chi connectivity index (χ0) is 36.3. The first-order chi connectivity index (χ1) is 24.7. The smallest absolute Gasteiger partial charge is 0.272 e. The van der Waals surface area contributed by atoms with Crippen LogP contribution in [0.5, 0.6) is 5.75 Å². The van der Waals surface area contributed by atoms with Crippen molar-refractivity contribution >= 4 is 69.2 Å². The van der Waals surface area contributed by atoms with E-state index in [0.717, 1.165) is 11.3 Å². The molecule has 0 fully saturated rings. The summed E-state index contributed by atoms with van der Waals surface area (Å²) in [5, 5.41) is 20.7. The molecule has 4 N–H and O–H groups in total. The van der Waals surface area contributed by atoms with Gasteiger partial charge in [0.1, 0.15) is 22.5 Å². The molecule has 4 amide bonds. The van der Waals surface area contributed by atoms with Gasteiger partial charge in [-0.15, -0.1) is 23.1 Å². The molecule has 0 aliphatic rings. The van der Waals surface area contributed by atoms with Crippen LogP contribution in [0.1, 0.15) is 43.6 Å². The summed E-state index contributed by atoms with van der Waals surface area (Å²) < 4.78 is 5.44. The third-order valence-electron chi connectivity index (χ3n) is 7.47. The van der Waals surface area contributed by atoms with E-state index in [4.69, 9.17) is 4.74 Å². The van der Waals surface area contributed by atoms with Crippen molar-refractivity contribution in [3.8, 4) is 11.8 Å². The van der Waals surface area contributed by atoms with Crippen LogP contribution in [-0.2, 0) is 9.59 Å². The molecule has 51 heavy (non-hydrogen) atoms. The predicted octanol–water partition coefficient (Wildman–Crippen LogP) is 7.72. The van der Waals surface area contributed by atoms with Crippen LogP contribution in [0.2, 0.25) is 0 Å². The van der Waals surface area contributed by atoms with E-state index in [9.17, 15) is 24.4 Å². The number of nitrogens with one attached hydrogen (secondary N) is 4. The van der Waals surface area contributed by atoms with E-state index < -0.39 is 17.1 Å². The summed E-state index contributed by atoms with van der Waals surface area (Å²) in [5.74, 6) is -1.24. The molecule has 0 aliphatic heterocycles. The second-order valence-electron chi connectivity index (χ2n) is 11.0. The molecule has 10 nitrogen and oxygen atoms in total. The minimum absolute atomic E-state index is 0.00415. The molecule has 1 heterocycles. The van der Waals surface area contributed by atoms with Gasteiger partial charge in [0, 0.05) is 27.4 Å². The third kappa shape index (κ3) is 9.30. The van der Waals surface area contributed by atoms with Crippen LogP contribution in [0.3, 0.4) is 0 Å². The van der Waals surface area contributed by atoms with E-state index in [0.29, 0.717) is 48.6 Å². The predicted molar refractivity (Wildman–Crippen MR) is 202 cm³/mol. The monoisotopic (exact) mass is 715 g/mol. The second-order valence-corrected chi connectivity index (χ2v) is 13.5. The Morgan fingerprint density at radius 2 is 1.49 bits per heavy atom. The number of methoxy groups -OCH3 is 1. The van der Waals surface area contributed by atoms with Crippen molar-refractivity contribution in [3.63, 3.8) is 0 Å². The van der Waals surface area contributed by atoms with Crippen LogP contribution in [0, 0.1) is 18.3 Å². The number of nitrogens with zero attached hydrogens (tertiary/aromatic N) is 1. The number of amides is 4. The average molecular weight is 716 g/mol. The number of para-hydroxylation sites is 2. The van der Waals surface area contributed by atoms with E-state index in [1.807, 2.05) is 6.07 Å². The minimum atomic E-state index is -0.613. The van der Waals surface area contributed by atoms with Crippen molar-refractivity contribution in [2.75, 3.05) is 23.1 Å². The van der Waals surface area contributed by atoms with Crippen molar-refractivity contribution < 1.29 is 23.9 Å². The number of rotatable bonds is 12. The molecule has 0 bridgehead atoms. The lowest BCUT2D eigenvalue weighted by molar-refractivity contribution is -0.115. The summed E-state index contributed by atoms with van der Waals surface area (Å²) in [6.07, 6.45) is 1.54. The van der Waals surface area contributed by atoms with Crippen LogP contribution in [0.4, 0.5) is 16.4 Å². The number of carbonyl (C=O) groups excluding carboxylic acids is 4. The number of hydrogen-bond acceptors (Lipinski definition) is 8. The lowest BCUT2D eigenvalue weighted by Gasteiger charge is -2.14. The molecule has 0 spiro atoms. The van der Waals surface area contributed by atoms with Gasteiger partial charge in [-0.3, -0.25) is 19.2 Å². The first-order valence-corrected chi connectivity index (χ1v) is 17.4. The molecule has 0 radical (unpaired) electrons. The van der Waals surface area contributed by atoms with E-state index in [2.05, 4.69) is 27.3 Å². The molecule has 1 atom stereocenters. The fraction of sp³-hybridized carbons (Fsp3) is 0.103. The van der Waals surface area contributed by atoms with Gasteiger partial charge in [0.05, 0.1) is 22.8 Å². The largest absolute Gasteiger partial charge is 0.496 e. The number of nitriles is 1. The quantitative estimate of drug-likeness (QED) is 0.0763. The fourth-order valence-electron chi connectivity index (χ4n) is 4.86. The van der Waals surface area contributed by atoms with Gasteiger partial charge < -0.3 is 26.0 Å². The van der Waals surface area contributed by atoms with Crippen LogP contribution in [0.15, 0.2) is 120 Å². The van der Waals surface area contributed by atoms with Gasteiger partial charge in [0.25, 0.3) is 17.7 Å². The van der Waals surface area contributed by atoms with Gasteiger partial charge >= 0.3 is 0 Å². The highest BCUT2D eigenvalue weighted by Gasteiger charge is 2.24. The van der Waals surface area contributed by atoms with Crippen LogP contribution in [-0.4, -0.2) is 36.0 Å². The van der Waals surface area contributed by atoms with E-state index >= 15 is 0 Å². The van der Waals surface area contributed by atoms with Gasteiger partial charge in [-0.1, -0.05) is 60.7 Å². The van der Waals surface area contributed by atoms with E-state index in [1.54, 1.807) is 123 Å². The number of ether oxygens (including phenoxy) is 1. The zero-order valence-corrected chi connectivity index (χ0v) is 29.5. The summed E-state index contributed by atoms with van der Waals surface area (Å²) in [4.78, 5) is 54.0. The van der Waals surface area contributed by atoms with Crippen molar-refractivity contribution in [3.05, 3.63) is 142 Å². The van der Waals surface area contributed by atoms with Crippen molar-refractivity contribution in [1.82, 2.24) is 5.32 Å². The Labute approximate surface area is 303 Å². The van der Waals surface area contributed by atoms with E-state index in [1.165, 1.54) is 18.9 Å². The number of thiophene rings is 1. The average Bonchev–Trinajstić information content (AvgIpc) is 3.46. The molecule has 0 saturated heterocycles. The maximum atomic E-state index is 13.6. The summed E-state index contributed by atoms with van der Waals surface area (Å²) >= 11 is 2.29. The first kappa shape index (κ1) is 36.1. The molecule has 1 aromatic heterocycles. The molecule has 0 saturated carbocycles. The Morgan fingerprint density at radius 3 is 2.20 bits per heavy atom. The SMILES string of the molecule is COc1ccccc1/C=C(/NC(=O)c1ccccc1)C(=O)Nc1cccc(SC(C)C(=O)Nc2sc(C(=O)Nc3ccccc3)c(C)c2C#N)c1. The van der Waals surface area contributed by atoms with Gasteiger partial charge in [0.15, 0.2) is 0 Å². The van der Waals surface area contributed by atoms with Crippen molar-refractivity contribution in [1.29, 1.82) is 5.26 Å². The molecule has 5 aromatic rings. The Bertz CT molecular complexity index is 2140. The highest BCUT2D eigenvalue weighted by molar-refractivity contribution is 8.00. The van der Waals surface area contributed by atoms with Gasteiger partial charge in [-0.2, -0.15) is 5.26 Å². The molecule has 0 aliphatic carbocycles. The number of benzene rings is 4. The second kappa shape index (κ2) is 17.0. The highest BCUT2D eigenvalue weighted by Crippen LogP contribution is 2.34. The molecular formula is C39H33N5O5S2. The molecule has 12 heteroatoms. The number of thioether (sulfide) groups is 1. The standard InChI is InChI=1S/C39H33N5O5S2/c1-24-31(23-40)39(51-34(24)38(48)41-28-16-8-5-9-17-28)44-35(45)25(2)50-30-19-12-18-29(22-30)42-37(47)32(21-27-15-10-11-20-33(27)49-3)43-36(46)26-13-6-4-7-14-26/h4-22,25H,1-3H3,(H,41,48)(H,42,47)(H,43,46)(H,44,45)/b32-21+. The lowest BCUT2D eigenvalue weighted by atomic mass is 10.1. The van der Waals surface area contributed by atoms with Gasteiger partial charge in [-0.05, 0) is 74.0 Å². The molecule has 256 valence electrons. The summed E-state index contributed by atoms with van der Waals surface area (Å²) in [5.41, 5.74) is 2.73. The van der Waals surface area contributed by atoms with Crippen molar-refractivity contribution in [2.24, 2.45) is 0 Å². The Balaban J connectivity index is 1.29. The minimum Gasteiger partial charge on any atom is -0.496 e. The Hall–Kier alpha value is -6.16. The zero-order valence-electron chi connectivity index (χ0n) is 27.9. The lowest BCUT2D eigenvalue weighted by Crippen LogP contribution is -2.30. The van der Waals surface area contributed by atoms with Gasteiger partial charge in [-0.25, -0.2) is 0 Å². The summed E-state index contributed by atoms with van der Waals surface area (Å²) in [6.45, 7) is 3.39. The Morgan fingerprint density at radius 1 is 0.824 bits per heavy atom. The molecule has 4 aromatic carbocycles. The molecule has 1 unspecified atom stereocenters. The first-order valence-electron chi connectivity index (χ1n) is 15.7. The number of anilines is 3. The highest BCUT2D eigenvalue weighted by atomic mass is 32.2. The number of hydrogen-bond donors (Lipinski definition) is 4.